The predicted molar refractivity (Wildman–Crippen MR) is 133 cm³/mol. The Bertz CT molecular complexity index is 1260. The number of rotatable bonds is 7. The van der Waals surface area contributed by atoms with Crippen molar-refractivity contribution in [3.05, 3.63) is 112 Å². The van der Waals surface area contributed by atoms with Crippen molar-refractivity contribution >= 4 is 38.8 Å². The molecule has 0 saturated carbocycles. The number of nitrogens with zero attached hydrogens (tertiary/aromatic N) is 1. The van der Waals surface area contributed by atoms with Gasteiger partial charge in [0.15, 0.2) is 0 Å². The van der Waals surface area contributed by atoms with E-state index in [-0.39, 0.29) is 5.91 Å². The van der Waals surface area contributed by atoms with E-state index in [9.17, 15) is 4.79 Å². The Hall–Kier alpha value is -3.44. The number of fused-ring (bicyclic) bond motifs is 1. The van der Waals surface area contributed by atoms with Gasteiger partial charge < -0.3 is 4.74 Å². The maximum Gasteiger partial charge on any atom is 0.244 e. The quantitative estimate of drug-likeness (QED) is 0.250. The molecule has 4 aromatic carbocycles. The van der Waals surface area contributed by atoms with E-state index in [1.807, 2.05) is 67.6 Å². The molecule has 4 aromatic rings. The molecule has 1 N–H and O–H groups in total. The number of aryl methyl sites for hydroxylation is 1. The average Bonchev–Trinajstić information content (AvgIpc) is 2.80. The van der Waals surface area contributed by atoms with Gasteiger partial charge in [0.2, 0.25) is 5.91 Å². The fourth-order valence-electron chi connectivity index (χ4n) is 3.40. The number of benzene rings is 4. The summed E-state index contributed by atoms with van der Waals surface area (Å²) in [5.41, 5.74) is 6.69. The molecule has 0 fully saturated rings. The molecule has 160 valence electrons. The van der Waals surface area contributed by atoms with Crippen LogP contribution in [0.4, 0.5) is 0 Å². The Morgan fingerprint density at radius 1 is 1.00 bits per heavy atom. The minimum absolute atomic E-state index is 0.154. The average molecular weight is 487 g/mol. The Morgan fingerprint density at radius 3 is 2.59 bits per heavy atom. The molecule has 0 bridgehead atoms. The molecule has 4 nitrogen and oxygen atoms in total. The first kappa shape index (κ1) is 21.8. The number of carbonyl (C=O) groups is 1. The normalized spacial score (nSPS) is 11.1. The van der Waals surface area contributed by atoms with Crippen LogP contribution in [-0.4, -0.2) is 12.1 Å². The van der Waals surface area contributed by atoms with Gasteiger partial charge in [-0.2, -0.15) is 5.10 Å². The molecule has 0 heterocycles. The maximum atomic E-state index is 12.1. The van der Waals surface area contributed by atoms with Crippen molar-refractivity contribution in [1.29, 1.82) is 0 Å². The smallest absolute Gasteiger partial charge is 0.244 e. The highest BCUT2D eigenvalue weighted by atomic mass is 79.9. The summed E-state index contributed by atoms with van der Waals surface area (Å²) in [5.74, 6) is 0.595. The van der Waals surface area contributed by atoms with E-state index in [0.717, 1.165) is 26.9 Å². The third-order valence-corrected chi connectivity index (χ3v) is 5.73. The molecular weight excluding hydrogens is 464 g/mol. The van der Waals surface area contributed by atoms with Gasteiger partial charge in [0.1, 0.15) is 12.4 Å². The second kappa shape index (κ2) is 10.2. The molecule has 0 atom stereocenters. The highest BCUT2D eigenvalue weighted by molar-refractivity contribution is 9.10. The molecule has 1 amide bonds. The van der Waals surface area contributed by atoms with Gasteiger partial charge in [0, 0.05) is 0 Å². The van der Waals surface area contributed by atoms with Crippen molar-refractivity contribution < 1.29 is 9.53 Å². The third kappa shape index (κ3) is 5.62. The summed E-state index contributed by atoms with van der Waals surface area (Å²) in [7, 11) is 0. The highest BCUT2D eigenvalue weighted by Gasteiger charge is 2.06. The molecule has 0 radical (unpaired) electrons. The molecule has 0 spiro atoms. The zero-order valence-electron chi connectivity index (χ0n) is 17.7. The van der Waals surface area contributed by atoms with Crippen molar-refractivity contribution in [2.24, 2.45) is 5.10 Å². The van der Waals surface area contributed by atoms with Gasteiger partial charge in [-0.05, 0) is 68.5 Å². The van der Waals surface area contributed by atoms with Crippen LogP contribution in [0.3, 0.4) is 0 Å². The van der Waals surface area contributed by atoms with E-state index < -0.39 is 0 Å². The van der Waals surface area contributed by atoms with E-state index in [4.69, 9.17) is 4.74 Å². The van der Waals surface area contributed by atoms with Crippen molar-refractivity contribution in [3.63, 3.8) is 0 Å². The number of carbonyl (C=O) groups excluding carboxylic acids is 1. The monoisotopic (exact) mass is 486 g/mol. The van der Waals surface area contributed by atoms with Gasteiger partial charge in [-0.15, -0.1) is 0 Å². The minimum atomic E-state index is -0.154. The van der Waals surface area contributed by atoms with Crippen molar-refractivity contribution in [2.45, 2.75) is 20.0 Å². The molecule has 0 unspecified atom stereocenters. The molecular formula is C27H23BrN2O2. The molecule has 32 heavy (non-hydrogen) atoms. The molecule has 0 aliphatic carbocycles. The van der Waals surface area contributed by atoms with Crippen LogP contribution in [0.15, 0.2) is 94.5 Å². The molecule has 0 aromatic heterocycles. The van der Waals surface area contributed by atoms with Crippen LogP contribution >= 0.6 is 15.9 Å². The summed E-state index contributed by atoms with van der Waals surface area (Å²) in [5, 5.41) is 6.46. The van der Waals surface area contributed by atoms with Crippen LogP contribution < -0.4 is 10.2 Å². The number of hydrogen-bond donors (Lipinski definition) is 1. The number of hydrogen-bond acceptors (Lipinski definition) is 3. The zero-order chi connectivity index (χ0) is 22.3. The lowest BCUT2D eigenvalue weighted by Gasteiger charge is -2.11. The van der Waals surface area contributed by atoms with E-state index >= 15 is 0 Å². The van der Waals surface area contributed by atoms with Gasteiger partial charge >= 0.3 is 0 Å². The lowest BCUT2D eigenvalue weighted by atomic mass is 10.1. The SMILES string of the molecule is Cc1ccc(CC(=O)N/N=C/c2ccc(OCc3cccc4ccccc34)c(Br)c2)cc1. The van der Waals surface area contributed by atoms with Crippen LogP contribution in [0.1, 0.15) is 22.3 Å². The lowest BCUT2D eigenvalue weighted by Crippen LogP contribution is -2.19. The predicted octanol–water partition coefficient (Wildman–Crippen LogP) is 6.18. The summed E-state index contributed by atoms with van der Waals surface area (Å²) in [6, 6.07) is 28.1. The Kier molecular flexibility index (Phi) is 6.97. The fourth-order valence-corrected chi connectivity index (χ4v) is 3.91. The van der Waals surface area contributed by atoms with Gasteiger partial charge in [0.05, 0.1) is 17.1 Å². The topological polar surface area (TPSA) is 50.7 Å². The summed E-state index contributed by atoms with van der Waals surface area (Å²) >= 11 is 3.57. The first-order valence-electron chi connectivity index (χ1n) is 10.3. The second-order valence-electron chi connectivity index (χ2n) is 7.57. The standard InChI is InChI=1S/C27H23BrN2O2/c1-19-9-11-20(12-10-19)16-27(31)30-29-17-21-13-14-26(25(28)15-21)32-18-23-7-4-6-22-5-2-3-8-24(22)23/h2-15,17H,16,18H2,1H3,(H,30,31)/b29-17+. The first-order valence-corrected chi connectivity index (χ1v) is 11.1. The number of halogens is 1. The first-order chi connectivity index (χ1) is 15.6. The fraction of sp³-hybridized carbons (Fsp3) is 0.111. The molecule has 0 saturated heterocycles. The van der Waals surface area contributed by atoms with Gasteiger partial charge in [-0.25, -0.2) is 5.43 Å². The summed E-state index contributed by atoms with van der Waals surface area (Å²) < 4.78 is 6.87. The summed E-state index contributed by atoms with van der Waals surface area (Å²) in [4.78, 5) is 12.1. The Labute approximate surface area is 196 Å². The lowest BCUT2D eigenvalue weighted by molar-refractivity contribution is -0.120. The third-order valence-electron chi connectivity index (χ3n) is 5.11. The molecule has 4 rings (SSSR count). The highest BCUT2D eigenvalue weighted by Crippen LogP contribution is 2.27. The Morgan fingerprint density at radius 2 is 1.78 bits per heavy atom. The van der Waals surface area contributed by atoms with Crippen LogP contribution in [0, 0.1) is 6.92 Å². The number of amides is 1. The van der Waals surface area contributed by atoms with E-state index in [1.54, 1.807) is 6.21 Å². The number of nitrogens with one attached hydrogen (secondary N) is 1. The molecule has 0 aliphatic heterocycles. The number of hydrazone groups is 1. The number of ether oxygens (including phenoxy) is 1. The Balaban J connectivity index is 1.34. The van der Waals surface area contributed by atoms with Gasteiger partial charge in [-0.3, -0.25) is 4.79 Å². The van der Waals surface area contributed by atoms with Crippen molar-refractivity contribution in [2.75, 3.05) is 0 Å². The van der Waals surface area contributed by atoms with Crippen LogP contribution in [0.5, 0.6) is 5.75 Å². The van der Waals surface area contributed by atoms with Gasteiger partial charge in [0.25, 0.3) is 0 Å². The summed E-state index contributed by atoms with van der Waals surface area (Å²) in [6.45, 7) is 2.49. The van der Waals surface area contributed by atoms with Crippen LogP contribution in [0.25, 0.3) is 10.8 Å². The van der Waals surface area contributed by atoms with Crippen LogP contribution in [0.2, 0.25) is 0 Å². The van der Waals surface area contributed by atoms with Gasteiger partial charge in [-0.1, -0.05) is 72.3 Å². The minimum Gasteiger partial charge on any atom is -0.488 e. The van der Waals surface area contributed by atoms with Crippen molar-refractivity contribution in [1.82, 2.24) is 5.43 Å². The van der Waals surface area contributed by atoms with E-state index in [0.29, 0.717) is 13.0 Å². The van der Waals surface area contributed by atoms with E-state index in [2.05, 4.69) is 50.7 Å². The zero-order valence-corrected chi connectivity index (χ0v) is 19.3. The van der Waals surface area contributed by atoms with Crippen LogP contribution in [-0.2, 0) is 17.8 Å². The molecule has 5 heteroatoms. The second-order valence-corrected chi connectivity index (χ2v) is 8.43. The largest absolute Gasteiger partial charge is 0.488 e. The molecule has 0 aliphatic rings. The maximum absolute atomic E-state index is 12.1. The van der Waals surface area contributed by atoms with Crippen molar-refractivity contribution in [3.8, 4) is 5.75 Å². The van der Waals surface area contributed by atoms with E-state index in [1.165, 1.54) is 16.3 Å². The summed E-state index contributed by atoms with van der Waals surface area (Å²) in [6.07, 6.45) is 1.91.